The third-order valence-corrected chi connectivity index (χ3v) is 4.58. The molecule has 1 aliphatic rings. The molecule has 1 unspecified atom stereocenters. The van der Waals surface area contributed by atoms with Gasteiger partial charge < -0.3 is 10.6 Å². The van der Waals surface area contributed by atoms with Crippen LogP contribution < -0.4 is 21.9 Å². The molecular weight excluding hydrogens is 296 g/mol. The molecule has 1 aromatic rings. The van der Waals surface area contributed by atoms with Crippen molar-refractivity contribution in [2.45, 2.75) is 39.7 Å². The van der Waals surface area contributed by atoms with Gasteiger partial charge in [0, 0.05) is 19.5 Å². The van der Waals surface area contributed by atoms with Crippen molar-refractivity contribution in [3.8, 4) is 0 Å². The van der Waals surface area contributed by atoms with Crippen molar-refractivity contribution in [1.29, 1.82) is 0 Å². The van der Waals surface area contributed by atoms with E-state index in [1.807, 2.05) is 6.92 Å². The zero-order valence-corrected chi connectivity index (χ0v) is 14.2. The monoisotopic (exact) mass is 323 g/mol. The maximum absolute atomic E-state index is 12.7. The van der Waals surface area contributed by atoms with Crippen molar-refractivity contribution in [3.05, 3.63) is 26.4 Å². The second kappa shape index (κ2) is 7.12. The maximum atomic E-state index is 12.7. The number of rotatable bonds is 5. The number of ketones is 1. The molecule has 3 N–H and O–H groups in total. The van der Waals surface area contributed by atoms with Crippen LogP contribution in [0, 0.1) is 5.92 Å². The van der Waals surface area contributed by atoms with Crippen molar-refractivity contribution in [2.75, 3.05) is 25.4 Å². The second-order valence-corrected chi connectivity index (χ2v) is 6.61. The Morgan fingerprint density at radius 3 is 2.70 bits per heavy atom. The molecule has 1 fully saturated rings. The topological polar surface area (TPSA) is 91.5 Å². The molecule has 2 heterocycles. The molecule has 128 valence electrons. The van der Waals surface area contributed by atoms with Gasteiger partial charge in [-0.1, -0.05) is 13.8 Å². The maximum Gasteiger partial charge on any atom is 0.332 e. The highest BCUT2D eigenvalue weighted by Crippen LogP contribution is 2.07. The number of carbonyl (C=O) groups excluding carboxylic acids is 1. The van der Waals surface area contributed by atoms with Crippen LogP contribution in [0.3, 0.4) is 0 Å². The smallest absolute Gasteiger partial charge is 0.332 e. The number of hydrogen-bond donors (Lipinski definition) is 2. The molecule has 7 nitrogen and oxygen atoms in total. The van der Waals surface area contributed by atoms with Crippen molar-refractivity contribution < 1.29 is 9.69 Å². The lowest BCUT2D eigenvalue weighted by Gasteiger charge is -2.27. The van der Waals surface area contributed by atoms with Gasteiger partial charge in [0.05, 0.1) is 13.1 Å². The largest absolute Gasteiger partial charge is 0.384 e. The van der Waals surface area contributed by atoms with E-state index < -0.39 is 11.2 Å². The number of nitrogens with zero attached hydrogens (tertiary/aromatic N) is 2. The summed E-state index contributed by atoms with van der Waals surface area (Å²) in [5.41, 5.74) is 4.90. The van der Waals surface area contributed by atoms with Gasteiger partial charge in [-0.25, -0.2) is 4.79 Å². The number of nitrogens with two attached hydrogens (primary N) is 1. The standard InChI is InChI=1S/C16H26N4O3/c1-4-7-20-14(17)13(15(22)18(3)16(20)23)12(21)10-19-8-5-6-11(2)9-19/h11H,4-10,17H2,1-3H3/p+1/t11-/m1/s1. The van der Waals surface area contributed by atoms with Gasteiger partial charge in [-0.15, -0.1) is 0 Å². The Morgan fingerprint density at radius 2 is 2.09 bits per heavy atom. The highest BCUT2D eigenvalue weighted by Gasteiger charge is 2.27. The fourth-order valence-electron chi connectivity index (χ4n) is 3.36. The van der Waals surface area contributed by atoms with E-state index in [-0.39, 0.29) is 23.7 Å². The van der Waals surface area contributed by atoms with E-state index in [2.05, 4.69) is 6.92 Å². The van der Waals surface area contributed by atoms with E-state index in [4.69, 9.17) is 5.73 Å². The first-order valence-electron chi connectivity index (χ1n) is 8.32. The third-order valence-electron chi connectivity index (χ3n) is 4.58. The van der Waals surface area contributed by atoms with Crippen LogP contribution in [0.4, 0.5) is 5.82 Å². The molecule has 0 aliphatic carbocycles. The summed E-state index contributed by atoms with van der Waals surface area (Å²) in [7, 11) is 1.39. The van der Waals surface area contributed by atoms with E-state index in [1.165, 1.54) is 22.9 Å². The molecule has 0 radical (unpaired) electrons. The van der Waals surface area contributed by atoms with Crippen molar-refractivity contribution in [2.24, 2.45) is 13.0 Å². The number of anilines is 1. The molecule has 0 spiro atoms. The fraction of sp³-hybridized carbons (Fsp3) is 0.688. The summed E-state index contributed by atoms with van der Waals surface area (Å²) in [4.78, 5) is 38.3. The van der Waals surface area contributed by atoms with Crippen LogP contribution in [0.1, 0.15) is 43.5 Å². The Bertz CT molecular complexity index is 705. The molecule has 0 bridgehead atoms. The number of quaternary nitrogens is 1. The molecule has 1 aromatic heterocycles. The number of piperidine rings is 1. The van der Waals surface area contributed by atoms with Gasteiger partial charge in [-0.05, 0) is 19.3 Å². The molecule has 2 rings (SSSR count). The highest BCUT2D eigenvalue weighted by molar-refractivity contribution is 6.00. The van der Waals surface area contributed by atoms with E-state index in [0.717, 1.165) is 24.1 Å². The van der Waals surface area contributed by atoms with Gasteiger partial charge in [0.1, 0.15) is 17.9 Å². The molecule has 7 heteroatoms. The van der Waals surface area contributed by atoms with Gasteiger partial charge in [0.25, 0.3) is 5.56 Å². The van der Waals surface area contributed by atoms with Crippen LogP contribution in [0.25, 0.3) is 0 Å². The van der Waals surface area contributed by atoms with E-state index in [0.29, 0.717) is 18.9 Å². The zero-order chi connectivity index (χ0) is 17.1. The number of nitrogens with one attached hydrogen (secondary N) is 1. The molecule has 2 atom stereocenters. The van der Waals surface area contributed by atoms with Crippen LogP contribution in [0.2, 0.25) is 0 Å². The summed E-state index contributed by atoms with van der Waals surface area (Å²) in [6.45, 7) is 6.61. The minimum atomic E-state index is -0.589. The first-order chi connectivity index (χ1) is 10.9. The number of likely N-dealkylation sites (tertiary alicyclic amines) is 1. The number of Topliss-reactive ketones (excluding diaryl/α,β-unsaturated/α-hetero) is 1. The van der Waals surface area contributed by atoms with Crippen LogP contribution >= 0.6 is 0 Å². The van der Waals surface area contributed by atoms with E-state index in [1.54, 1.807) is 0 Å². The average Bonchev–Trinajstić information content (AvgIpc) is 2.49. The van der Waals surface area contributed by atoms with Gasteiger partial charge in [0.2, 0.25) is 5.78 Å². The minimum Gasteiger partial charge on any atom is -0.384 e. The molecule has 0 amide bonds. The van der Waals surface area contributed by atoms with Crippen LogP contribution in [0.15, 0.2) is 9.59 Å². The number of hydrogen-bond acceptors (Lipinski definition) is 4. The zero-order valence-electron chi connectivity index (χ0n) is 14.2. The van der Waals surface area contributed by atoms with E-state index >= 15 is 0 Å². The normalized spacial score (nSPS) is 21.3. The lowest BCUT2D eigenvalue weighted by Crippen LogP contribution is -3.14. The summed E-state index contributed by atoms with van der Waals surface area (Å²) in [5.74, 6) is 0.326. The highest BCUT2D eigenvalue weighted by atomic mass is 16.2. The Hall–Kier alpha value is -1.89. The molecule has 1 aliphatic heterocycles. The first-order valence-corrected chi connectivity index (χ1v) is 8.32. The van der Waals surface area contributed by atoms with Crippen LogP contribution in [0.5, 0.6) is 0 Å². The van der Waals surface area contributed by atoms with Crippen molar-refractivity contribution in [3.63, 3.8) is 0 Å². The third kappa shape index (κ3) is 3.55. The quantitative estimate of drug-likeness (QED) is 0.683. The van der Waals surface area contributed by atoms with Crippen LogP contribution in [-0.2, 0) is 13.6 Å². The second-order valence-electron chi connectivity index (χ2n) is 6.61. The summed E-state index contributed by atoms with van der Waals surface area (Å²) in [6.07, 6.45) is 2.97. The van der Waals surface area contributed by atoms with Crippen LogP contribution in [-0.4, -0.2) is 34.6 Å². The molecular formula is C16H27N4O3+. The minimum absolute atomic E-state index is 0.00871. The summed E-state index contributed by atoms with van der Waals surface area (Å²) >= 11 is 0. The summed E-state index contributed by atoms with van der Waals surface area (Å²) < 4.78 is 2.30. The van der Waals surface area contributed by atoms with Gasteiger partial charge >= 0.3 is 5.69 Å². The summed E-state index contributed by atoms with van der Waals surface area (Å²) in [5, 5.41) is 0. The average molecular weight is 323 g/mol. The number of carbonyl (C=O) groups is 1. The molecule has 1 saturated heterocycles. The number of aromatic nitrogens is 2. The Kier molecular flexibility index (Phi) is 5.41. The predicted molar refractivity (Wildman–Crippen MR) is 88.9 cm³/mol. The lowest BCUT2D eigenvalue weighted by molar-refractivity contribution is -0.900. The Labute approximate surface area is 135 Å². The van der Waals surface area contributed by atoms with Crippen molar-refractivity contribution in [1.82, 2.24) is 9.13 Å². The lowest BCUT2D eigenvalue weighted by atomic mass is 10.00. The molecule has 23 heavy (non-hydrogen) atoms. The van der Waals surface area contributed by atoms with E-state index in [9.17, 15) is 14.4 Å². The van der Waals surface area contributed by atoms with Crippen molar-refractivity contribution >= 4 is 11.6 Å². The van der Waals surface area contributed by atoms with Gasteiger partial charge in [-0.2, -0.15) is 0 Å². The molecule has 0 saturated carbocycles. The Morgan fingerprint density at radius 1 is 1.39 bits per heavy atom. The first kappa shape index (κ1) is 17.5. The predicted octanol–water partition coefficient (Wildman–Crippen LogP) is -0.963. The number of nitrogen functional groups attached to an aromatic ring is 1. The summed E-state index contributed by atoms with van der Waals surface area (Å²) in [6, 6.07) is 0. The SMILES string of the molecule is CCCn1c(N)c(C(=O)C[NH+]2CCC[C@@H](C)C2)c(=O)n(C)c1=O. The van der Waals surface area contributed by atoms with Gasteiger partial charge in [0.15, 0.2) is 0 Å². The Balaban J connectivity index is 2.36. The fourth-order valence-corrected chi connectivity index (χ4v) is 3.36. The molecule has 0 aromatic carbocycles. The van der Waals surface area contributed by atoms with Gasteiger partial charge in [-0.3, -0.25) is 18.7 Å².